The van der Waals surface area contributed by atoms with Crippen LogP contribution < -0.4 is 0 Å². The quantitative estimate of drug-likeness (QED) is 0.494. The number of fused-ring (bicyclic) bond motifs is 1. The highest BCUT2D eigenvalue weighted by Crippen LogP contribution is 2.46. The minimum Gasteiger partial charge on any atom is -0.386 e. The first kappa shape index (κ1) is 17.6. The molecule has 4 rings (SSSR count). The van der Waals surface area contributed by atoms with E-state index >= 15 is 0 Å². The highest BCUT2D eigenvalue weighted by Gasteiger charge is 2.54. The van der Waals surface area contributed by atoms with Crippen molar-refractivity contribution in [2.45, 2.75) is 12.3 Å². The van der Waals surface area contributed by atoms with E-state index < -0.39 is 18.2 Å². The van der Waals surface area contributed by atoms with Crippen molar-refractivity contribution < 1.29 is 18.0 Å². The van der Waals surface area contributed by atoms with Gasteiger partial charge in [-0.25, -0.2) is 0 Å². The van der Waals surface area contributed by atoms with Crippen LogP contribution in [0.1, 0.15) is 16.5 Å². The fraction of sp³-hybridized carbons (Fsp3) is 0.176. The molecule has 1 aromatic carbocycles. The number of alkyl halides is 3. The van der Waals surface area contributed by atoms with Gasteiger partial charge in [0.15, 0.2) is 6.10 Å². The van der Waals surface area contributed by atoms with Crippen molar-refractivity contribution in [1.29, 1.82) is 0 Å². The third-order valence-corrected chi connectivity index (χ3v) is 5.55. The van der Waals surface area contributed by atoms with Crippen molar-refractivity contribution in [3.63, 3.8) is 0 Å². The number of halogens is 5. The summed E-state index contributed by atoms with van der Waals surface area (Å²) in [4.78, 5) is 9.58. The highest BCUT2D eigenvalue weighted by atomic mass is 35.5. The number of nitrogens with zero attached hydrogens (tertiary/aromatic N) is 2. The number of oxime groups is 1. The van der Waals surface area contributed by atoms with Crippen LogP contribution in [0.15, 0.2) is 47.9 Å². The van der Waals surface area contributed by atoms with Crippen LogP contribution in [0.2, 0.25) is 10.0 Å². The number of rotatable bonds is 2. The van der Waals surface area contributed by atoms with E-state index in [1.54, 1.807) is 24.5 Å². The molecule has 0 radical (unpaired) electrons. The van der Waals surface area contributed by atoms with Crippen LogP contribution in [0.3, 0.4) is 0 Å². The van der Waals surface area contributed by atoms with E-state index in [9.17, 15) is 13.2 Å². The Bertz CT molecular complexity index is 965. The van der Waals surface area contributed by atoms with Crippen molar-refractivity contribution >= 4 is 50.3 Å². The largest absolute Gasteiger partial charge is 0.401 e. The third kappa shape index (κ3) is 3.15. The van der Waals surface area contributed by atoms with Crippen LogP contribution in [-0.4, -0.2) is 16.9 Å². The average Bonchev–Trinajstić information content (AvgIpc) is 3.17. The van der Waals surface area contributed by atoms with Gasteiger partial charge in [-0.05, 0) is 41.3 Å². The van der Waals surface area contributed by atoms with Crippen LogP contribution in [-0.2, 0) is 4.84 Å². The molecule has 2 atom stereocenters. The van der Waals surface area contributed by atoms with Crippen LogP contribution in [0.5, 0.6) is 0 Å². The molecule has 3 aromatic rings. The zero-order valence-corrected chi connectivity index (χ0v) is 15.1. The van der Waals surface area contributed by atoms with Gasteiger partial charge in [-0.15, -0.1) is 11.3 Å². The summed E-state index contributed by atoms with van der Waals surface area (Å²) in [7, 11) is 0. The summed E-state index contributed by atoms with van der Waals surface area (Å²) in [5.41, 5.74) is 0.0751. The predicted octanol–water partition coefficient (Wildman–Crippen LogP) is 6.26. The molecular formula is C17H9Cl2F3N2OS. The molecule has 0 aliphatic carbocycles. The summed E-state index contributed by atoms with van der Waals surface area (Å²) >= 11 is 13.1. The van der Waals surface area contributed by atoms with E-state index in [0.29, 0.717) is 4.88 Å². The van der Waals surface area contributed by atoms with Gasteiger partial charge in [-0.1, -0.05) is 28.4 Å². The number of thiophene rings is 1. The smallest absolute Gasteiger partial charge is 0.386 e. The molecule has 9 heteroatoms. The lowest BCUT2D eigenvalue weighted by Crippen LogP contribution is -2.33. The van der Waals surface area contributed by atoms with Crippen molar-refractivity contribution in [2.24, 2.45) is 11.1 Å². The van der Waals surface area contributed by atoms with E-state index in [1.165, 1.54) is 29.5 Å². The minimum absolute atomic E-state index is 0.153. The van der Waals surface area contributed by atoms with Crippen LogP contribution in [0.4, 0.5) is 13.2 Å². The summed E-state index contributed by atoms with van der Waals surface area (Å²) in [5, 5.41) is 5.04. The predicted molar refractivity (Wildman–Crippen MR) is 96.0 cm³/mol. The van der Waals surface area contributed by atoms with Crippen molar-refractivity contribution in [1.82, 2.24) is 4.98 Å². The maximum atomic E-state index is 13.9. The Morgan fingerprint density at radius 1 is 1.08 bits per heavy atom. The Hall–Kier alpha value is -1.83. The Morgan fingerprint density at radius 2 is 1.81 bits per heavy atom. The molecule has 1 aliphatic heterocycles. The average molecular weight is 417 g/mol. The van der Waals surface area contributed by atoms with Crippen LogP contribution in [0, 0.1) is 5.92 Å². The third-order valence-electron chi connectivity index (χ3n) is 4.00. The molecule has 0 fully saturated rings. The van der Waals surface area contributed by atoms with E-state index in [0.717, 1.165) is 10.1 Å². The van der Waals surface area contributed by atoms with Crippen molar-refractivity contribution in [3.05, 3.63) is 63.2 Å². The number of hydrogen-bond donors (Lipinski definition) is 0. The lowest BCUT2D eigenvalue weighted by molar-refractivity contribution is -0.177. The summed E-state index contributed by atoms with van der Waals surface area (Å²) in [6, 6.07) is 7.66. The molecule has 3 nitrogen and oxygen atoms in total. The summed E-state index contributed by atoms with van der Waals surface area (Å²) in [6.45, 7) is 0. The first-order chi connectivity index (χ1) is 12.3. The molecule has 0 N–H and O–H groups in total. The Kier molecular flexibility index (Phi) is 4.33. The molecule has 0 saturated heterocycles. The monoisotopic (exact) mass is 416 g/mol. The number of hydrogen-bond acceptors (Lipinski definition) is 4. The van der Waals surface area contributed by atoms with E-state index in [2.05, 4.69) is 10.1 Å². The molecule has 1 aliphatic rings. The first-order valence-electron chi connectivity index (χ1n) is 7.43. The molecule has 134 valence electrons. The zero-order chi connectivity index (χ0) is 18.5. The molecule has 26 heavy (non-hydrogen) atoms. The van der Waals surface area contributed by atoms with Crippen LogP contribution in [0.25, 0.3) is 10.1 Å². The SMILES string of the molecule is FC(F)(F)C1C(c2cc3ccncc3s2)=NOC1c1cc(Cl)cc(Cl)c1. The van der Waals surface area contributed by atoms with Gasteiger partial charge < -0.3 is 4.84 Å². The molecule has 0 saturated carbocycles. The molecule has 2 aromatic heterocycles. The molecule has 2 unspecified atom stereocenters. The summed E-state index contributed by atoms with van der Waals surface area (Å²) in [6.07, 6.45) is -2.70. The minimum atomic E-state index is -4.55. The van der Waals surface area contributed by atoms with Gasteiger partial charge >= 0.3 is 6.18 Å². The van der Waals surface area contributed by atoms with Gasteiger partial charge in [0, 0.05) is 22.4 Å². The number of benzene rings is 1. The molecule has 3 heterocycles. The first-order valence-corrected chi connectivity index (χ1v) is 9.00. The van der Waals surface area contributed by atoms with Gasteiger partial charge in [-0.3, -0.25) is 4.98 Å². The highest BCUT2D eigenvalue weighted by molar-refractivity contribution is 7.20. The maximum absolute atomic E-state index is 13.9. The fourth-order valence-electron chi connectivity index (χ4n) is 2.90. The second-order valence-electron chi connectivity index (χ2n) is 5.75. The van der Waals surface area contributed by atoms with E-state index in [1.807, 2.05) is 0 Å². The fourth-order valence-corrected chi connectivity index (χ4v) is 4.50. The normalized spacial score (nSPS) is 20.3. The maximum Gasteiger partial charge on any atom is 0.401 e. The van der Waals surface area contributed by atoms with Gasteiger partial charge in [0.1, 0.15) is 11.6 Å². The van der Waals surface area contributed by atoms with Crippen LogP contribution >= 0.6 is 34.5 Å². The number of pyridine rings is 1. The lowest BCUT2D eigenvalue weighted by atomic mass is 9.90. The summed E-state index contributed by atoms with van der Waals surface area (Å²) in [5.74, 6) is -1.92. The van der Waals surface area contributed by atoms with E-state index in [-0.39, 0.29) is 21.3 Å². The topological polar surface area (TPSA) is 34.5 Å². The Morgan fingerprint density at radius 3 is 2.46 bits per heavy atom. The van der Waals surface area contributed by atoms with Gasteiger partial charge in [0.2, 0.25) is 0 Å². The summed E-state index contributed by atoms with van der Waals surface area (Å²) < 4.78 is 42.3. The van der Waals surface area contributed by atoms with Gasteiger partial charge in [0.05, 0.1) is 9.58 Å². The zero-order valence-electron chi connectivity index (χ0n) is 12.8. The lowest BCUT2D eigenvalue weighted by Gasteiger charge is -2.21. The Labute approximate surface area is 160 Å². The second-order valence-corrected chi connectivity index (χ2v) is 7.71. The van der Waals surface area contributed by atoms with Crippen molar-refractivity contribution in [3.8, 4) is 0 Å². The Balaban J connectivity index is 1.78. The molecule has 0 spiro atoms. The molecule has 0 amide bonds. The molecular weight excluding hydrogens is 408 g/mol. The second kappa shape index (κ2) is 6.40. The van der Waals surface area contributed by atoms with Gasteiger partial charge in [-0.2, -0.15) is 13.2 Å². The van der Waals surface area contributed by atoms with E-state index in [4.69, 9.17) is 28.0 Å². The molecule has 0 bridgehead atoms. The standard InChI is InChI=1S/C17H9Cl2F3N2OS/c18-10-3-9(4-11(19)6-10)16-14(17(20,21)22)15(24-25-16)12-5-8-1-2-23-7-13(8)26-12/h1-7,14,16H. The van der Waals surface area contributed by atoms with Crippen molar-refractivity contribution in [2.75, 3.05) is 0 Å². The number of aromatic nitrogens is 1. The van der Waals surface area contributed by atoms with Gasteiger partial charge in [0.25, 0.3) is 0 Å².